The lowest BCUT2D eigenvalue weighted by molar-refractivity contribution is -0.141. The minimum atomic E-state index is -4.57. The van der Waals surface area contributed by atoms with Gasteiger partial charge in [-0.3, -0.25) is 14.8 Å². The van der Waals surface area contributed by atoms with E-state index in [2.05, 4.69) is 15.3 Å². The molecule has 0 fully saturated rings. The number of amides is 1. The number of hydrogen-bond donors (Lipinski definition) is 1. The number of rotatable bonds is 5. The van der Waals surface area contributed by atoms with E-state index in [0.29, 0.717) is 11.6 Å². The molecule has 0 unspecified atom stereocenters. The molecule has 0 saturated carbocycles. The van der Waals surface area contributed by atoms with Gasteiger partial charge in [0.1, 0.15) is 12.3 Å². The Hall–Kier alpha value is -2.97. The molecule has 1 N–H and O–H groups in total. The summed E-state index contributed by atoms with van der Waals surface area (Å²) in [7, 11) is 0. The van der Waals surface area contributed by atoms with Crippen LogP contribution in [0.25, 0.3) is 0 Å². The van der Waals surface area contributed by atoms with Gasteiger partial charge in [-0.05, 0) is 24.3 Å². The number of halogens is 3. The number of aromatic nitrogens is 2. The van der Waals surface area contributed by atoms with Crippen LogP contribution in [0.1, 0.15) is 26.4 Å². The molecular weight excluding hydrogens is 327 g/mol. The second-order valence-corrected chi connectivity index (χ2v) is 4.56. The summed E-state index contributed by atoms with van der Waals surface area (Å²) in [5, 5.41) is 2.53. The number of hydrogen-bond acceptors (Lipinski definition) is 5. The molecule has 0 aliphatic heterocycles. The normalized spacial score (nSPS) is 11.0. The average molecular weight is 339 g/mol. The zero-order valence-electron chi connectivity index (χ0n) is 12.2. The first-order valence-corrected chi connectivity index (χ1v) is 6.76. The molecule has 2 aromatic rings. The Kier molecular flexibility index (Phi) is 5.46. The number of nitrogens with one attached hydrogen (secondary N) is 1. The Labute approximate surface area is 134 Å². The van der Waals surface area contributed by atoms with E-state index in [0.717, 1.165) is 12.3 Å². The first-order chi connectivity index (χ1) is 11.4. The lowest BCUT2D eigenvalue weighted by atomic mass is 10.2. The average Bonchev–Trinajstić information content (AvgIpc) is 2.58. The second kappa shape index (κ2) is 7.53. The molecule has 2 aromatic heterocycles. The molecule has 0 saturated heterocycles. The molecule has 0 radical (unpaired) electrons. The predicted molar refractivity (Wildman–Crippen MR) is 76.1 cm³/mol. The van der Waals surface area contributed by atoms with Crippen LogP contribution in [0.15, 0.2) is 42.9 Å². The van der Waals surface area contributed by atoms with E-state index in [1.165, 1.54) is 24.5 Å². The molecule has 0 atom stereocenters. The molecule has 1 amide bonds. The Bertz CT molecular complexity index is 703. The third-order valence-electron chi connectivity index (χ3n) is 2.85. The Balaban J connectivity index is 1.78. The van der Waals surface area contributed by atoms with E-state index in [1.807, 2.05) is 0 Å². The lowest BCUT2D eigenvalue weighted by Crippen LogP contribution is -2.28. The zero-order valence-corrected chi connectivity index (χ0v) is 12.2. The second-order valence-electron chi connectivity index (χ2n) is 4.56. The number of alkyl halides is 3. The van der Waals surface area contributed by atoms with Crippen LogP contribution in [0.5, 0.6) is 0 Å². The van der Waals surface area contributed by atoms with Crippen molar-refractivity contribution in [3.8, 4) is 0 Å². The van der Waals surface area contributed by atoms with Crippen LogP contribution in [-0.4, -0.2) is 35.0 Å². The fourth-order valence-corrected chi connectivity index (χ4v) is 1.68. The molecule has 2 rings (SSSR count). The van der Waals surface area contributed by atoms with E-state index >= 15 is 0 Å². The summed E-state index contributed by atoms with van der Waals surface area (Å²) >= 11 is 0. The Morgan fingerprint density at radius 1 is 1.08 bits per heavy atom. The van der Waals surface area contributed by atoms with Crippen molar-refractivity contribution in [1.29, 1.82) is 0 Å². The maximum Gasteiger partial charge on any atom is 0.433 e. The molecule has 9 heteroatoms. The van der Waals surface area contributed by atoms with Crippen LogP contribution in [0.2, 0.25) is 0 Å². The summed E-state index contributed by atoms with van der Waals surface area (Å²) in [4.78, 5) is 30.3. The summed E-state index contributed by atoms with van der Waals surface area (Å²) in [5.41, 5.74) is -0.796. The SMILES string of the molecule is O=C(NCCOC(=O)c1ccc(C(F)(F)F)nc1)c1ccncc1. The molecule has 0 aliphatic rings. The highest BCUT2D eigenvalue weighted by Gasteiger charge is 2.32. The highest BCUT2D eigenvalue weighted by molar-refractivity contribution is 5.94. The Morgan fingerprint density at radius 3 is 2.38 bits per heavy atom. The van der Waals surface area contributed by atoms with Crippen molar-refractivity contribution in [2.45, 2.75) is 6.18 Å². The van der Waals surface area contributed by atoms with Crippen LogP contribution < -0.4 is 5.32 Å². The van der Waals surface area contributed by atoms with Crippen LogP contribution in [0.4, 0.5) is 13.2 Å². The highest BCUT2D eigenvalue weighted by atomic mass is 19.4. The quantitative estimate of drug-likeness (QED) is 0.666. The molecule has 2 heterocycles. The van der Waals surface area contributed by atoms with Crippen LogP contribution in [0, 0.1) is 0 Å². The summed E-state index contributed by atoms with van der Waals surface area (Å²) in [6.07, 6.45) is -0.848. The summed E-state index contributed by atoms with van der Waals surface area (Å²) in [6, 6.07) is 4.72. The van der Waals surface area contributed by atoms with Crippen LogP contribution >= 0.6 is 0 Å². The van der Waals surface area contributed by atoms with Gasteiger partial charge >= 0.3 is 12.1 Å². The summed E-state index contributed by atoms with van der Waals surface area (Å²) in [6.45, 7) is -0.0718. The zero-order chi connectivity index (χ0) is 17.6. The minimum absolute atomic E-state index is 0.0565. The highest BCUT2D eigenvalue weighted by Crippen LogP contribution is 2.27. The summed E-state index contributed by atoms with van der Waals surface area (Å²) < 4.78 is 41.9. The van der Waals surface area contributed by atoms with Crippen molar-refractivity contribution in [3.63, 3.8) is 0 Å². The van der Waals surface area contributed by atoms with Crippen LogP contribution in [-0.2, 0) is 10.9 Å². The van der Waals surface area contributed by atoms with Gasteiger partial charge in [-0.15, -0.1) is 0 Å². The maximum atomic E-state index is 12.4. The van der Waals surface area contributed by atoms with Gasteiger partial charge in [0.25, 0.3) is 5.91 Å². The predicted octanol–water partition coefficient (Wildman–Crippen LogP) is 2.08. The van der Waals surface area contributed by atoms with Gasteiger partial charge in [0.05, 0.1) is 12.1 Å². The van der Waals surface area contributed by atoms with E-state index in [9.17, 15) is 22.8 Å². The number of carbonyl (C=O) groups is 2. The number of esters is 1. The third-order valence-corrected chi connectivity index (χ3v) is 2.85. The van der Waals surface area contributed by atoms with E-state index < -0.39 is 17.8 Å². The number of pyridine rings is 2. The van der Waals surface area contributed by atoms with Gasteiger partial charge in [-0.25, -0.2) is 4.79 Å². The fraction of sp³-hybridized carbons (Fsp3) is 0.200. The largest absolute Gasteiger partial charge is 0.460 e. The standard InChI is InChI=1S/C15H12F3N3O3/c16-15(17,18)12-2-1-11(9-21-12)14(23)24-8-7-20-13(22)10-3-5-19-6-4-10/h1-6,9H,7-8H2,(H,20,22). The van der Waals surface area contributed by atoms with Crippen molar-refractivity contribution in [3.05, 3.63) is 59.7 Å². The molecule has 24 heavy (non-hydrogen) atoms. The van der Waals surface area contributed by atoms with Crippen molar-refractivity contribution in [1.82, 2.24) is 15.3 Å². The third kappa shape index (κ3) is 4.77. The van der Waals surface area contributed by atoms with Gasteiger partial charge in [0.2, 0.25) is 0 Å². The van der Waals surface area contributed by atoms with Gasteiger partial charge < -0.3 is 10.1 Å². The summed E-state index contributed by atoms with van der Waals surface area (Å²) in [5.74, 6) is -1.18. The Morgan fingerprint density at radius 2 is 1.79 bits per heavy atom. The smallest absolute Gasteiger partial charge is 0.433 e. The number of ether oxygens (including phenoxy) is 1. The maximum absolute atomic E-state index is 12.4. The van der Waals surface area contributed by atoms with Crippen LogP contribution in [0.3, 0.4) is 0 Å². The van der Waals surface area contributed by atoms with Gasteiger partial charge in [-0.2, -0.15) is 13.2 Å². The topological polar surface area (TPSA) is 81.2 Å². The monoisotopic (exact) mass is 339 g/mol. The van der Waals surface area contributed by atoms with Gasteiger partial charge in [0.15, 0.2) is 0 Å². The molecule has 126 valence electrons. The van der Waals surface area contributed by atoms with Crippen molar-refractivity contribution < 1.29 is 27.5 Å². The molecule has 0 spiro atoms. The number of nitrogens with zero attached hydrogens (tertiary/aromatic N) is 2. The van der Waals surface area contributed by atoms with Crippen molar-refractivity contribution in [2.75, 3.05) is 13.2 Å². The first kappa shape index (κ1) is 17.4. The lowest BCUT2D eigenvalue weighted by Gasteiger charge is -2.08. The van der Waals surface area contributed by atoms with E-state index in [1.54, 1.807) is 0 Å². The molecule has 0 bridgehead atoms. The fourth-order valence-electron chi connectivity index (χ4n) is 1.68. The molecular formula is C15H12F3N3O3. The minimum Gasteiger partial charge on any atom is -0.460 e. The van der Waals surface area contributed by atoms with Crippen molar-refractivity contribution >= 4 is 11.9 Å². The van der Waals surface area contributed by atoms with Gasteiger partial charge in [-0.1, -0.05) is 0 Å². The van der Waals surface area contributed by atoms with E-state index in [-0.39, 0.29) is 24.6 Å². The molecule has 0 aliphatic carbocycles. The molecule has 6 nitrogen and oxygen atoms in total. The molecule has 0 aromatic carbocycles. The van der Waals surface area contributed by atoms with Gasteiger partial charge in [0, 0.05) is 24.2 Å². The first-order valence-electron chi connectivity index (χ1n) is 6.76. The van der Waals surface area contributed by atoms with E-state index in [4.69, 9.17) is 4.74 Å². The number of carbonyl (C=O) groups excluding carboxylic acids is 2. The van der Waals surface area contributed by atoms with Crippen molar-refractivity contribution in [2.24, 2.45) is 0 Å².